The van der Waals surface area contributed by atoms with Gasteiger partial charge >= 0.3 is 0 Å². The minimum absolute atomic E-state index is 0.0988. The molecule has 1 aliphatic rings. The van der Waals surface area contributed by atoms with Gasteiger partial charge in [-0.2, -0.15) is 4.31 Å². The number of carbonyl (C=O) groups excluding carboxylic acids is 1. The van der Waals surface area contributed by atoms with Crippen molar-refractivity contribution in [3.05, 3.63) is 42.0 Å². The monoisotopic (exact) mass is 546 g/mol. The number of sulfonamides is 1. The Labute approximate surface area is 222 Å². The minimum atomic E-state index is -3.57. The Hall–Kier alpha value is -2.89. The zero-order chi connectivity index (χ0) is 26.6. The zero-order valence-electron chi connectivity index (χ0n) is 21.8. The highest BCUT2D eigenvalue weighted by Crippen LogP contribution is 2.40. The molecule has 9 nitrogen and oxygen atoms in total. The van der Waals surface area contributed by atoms with Crippen molar-refractivity contribution >= 4 is 42.6 Å². The van der Waals surface area contributed by atoms with E-state index in [0.29, 0.717) is 56.3 Å². The summed E-state index contributed by atoms with van der Waals surface area (Å²) in [7, 11) is -0.362. The molecular formula is C26H34N4O5S2. The molecule has 0 saturated carbocycles. The number of amides is 1. The van der Waals surface area contributed by atoms with Crippen LogP contribution in [-0.2, 0) is 10.0 Å². The fourth-order valence-corrected chi connectivity index (χ4v) is 7.13. The van der Waals surface area contributed by atoms with Gasteiger partial charge in [0.25, 0.3) is 5.91 Å². The highest BCUT2D eigenvalue weighted by atomic mass is 32.2. The molecule has 1 saturated heterocycles. The number of ether oxygens (including phenoxy) is 2. The van der Waals surface area contributed by atoms with Crippen LogP contribution in [0.1, 0.15) is 37.0 Å². The fraction of sp³-hybridized carbons (Fsp3) is 0.462. The third-order valence-electron chi connectivity index (χ3n) is 6.41. The van der Waals surface area contributed by atoms with Crippen LogP contribution in [0, 0.1) is 0 Å². The lowest BCUT2D eigenvalue weighted by Crippen LogP contribution is -2.48. The van der Waals surface area contributed by atoms with Crippen LogP contribution in [0.25, 0.3) is 10.2 Å². The molecule has 11 heteroatoms. The molecule has 1 amide bonds. The number of benzene rings is 2. The van der Waals surface area contributed by atoms with E-state index in [2.05, 4.69) is 4.90 Å². The molecule has 1 fully saturated rings. The summed E-state index contributed by atoms with van der Waals surface area (Å²) in [6.45, 7) is 7.30. The number of nitrogens with zero attached hydrogens (tertiary/aromatic N) is 4. The Bertz CT molecular complexity index is 1330. The lowest BCUT2D eigenvalue weighted by molar-refractivity contribution is 0.0746. The van der Waals surface area contributed by atoms with E-state index < -0.39 is 10.0 Å². The lowest BCUT2D eigenvalue weighted by atomic mass is 10.2. The van der Waals surface area contributed by atoms with Gasteiger partial charge in [0, 0.05) is 44.8 Å². The molecule has 1 aliphatic heterocycles. The number of fused-ring (bicyclic) bond motifs is 1. The topological polar surface area (TPSA) is 92.3 Å². The highest BCUT2D eigenvalue weighted by Gasteiger charge is 2.27. The SMILES string of the molecule is CCCN(CCC)S(=O)(=O)c1ccc(C(=O)N2CCN(c3nc4c(OC)c(OC)ccc4s3)CC2)cc1. The van der Waals surface area contributed by atoms with E-state index in [4.69, 9.17) is 14.5 Å². The average Bonchev–Trinajstić information content (AvgIpc) is 3.36. The number of hydrogen-bond donors (Lipinski definition) is 0. The van der Waals surface area contributed by atoms with Crippen LogP contribution in [0.15, 0.2) is 41.3 Å². The highest BCUT2D eigenvalue weighted by molar-refractivity contribution is 7.89. The minimum Gasteiger partial charge on any atom is -0.493 e. The Balaban J connectivity index is 1.43. The molecule has 0 spiro atoms. The van der Waals surface area contributed by atoms with Gasteiger partial charge in [-0.15, -0.1) is 0 Å². The summed E-state index contributed by atoms with van der Waals surface area (Å²) in [5, 5.41) is 0.881. The van der Waals surface area contributed by atoms with Crippen LogP contribution in [0.5, 0.6) is 11.5 Å². The van der Waals surface area contributed by atoms with Gasteiger partial charge in [-0.05, 0) is 49.2 Å². The van der Waals surface area contributed by atoms with E-state index in [0.717, 1.165) is 28.2 Å². The van der Waals surface area contributed by atoms with Crippen molar-refractivity contribution in [1.29, 1.82) is 0 Å². The summed E-state index contributed by atoms with van der Waals surface area (Å²) in [5.41, 5.74) is 1.26. The number of thiazole rings is 1. The van der Waals surface area contributed by atoms with Crippen LogP contribution in [0.3, 0.4) is 0 Å². The Morgan fingerprint density at radius 1 is 0.973 bits per heavy atom. The number of aromatic nitrogens is 1. The van der Waals surface area contributed by atoms with Crippen LogP contribution in [-0.4, -0.2) is 82.0 Å². The van der Waals surface area contributed by atoms with E-state index in [1.165, 1.54) is 4.31 Å². The molecule has 2 aromatic carbocycles. The number of rotatable bonds is 10. The van der Waals surface area contributed by atoms with Gasteiger partial charge in [0.05, 0.1) is 23.8 Å². The maximum absolute atomic E-state index is 13.1. The predicted octanol–water partition coefficient (Wildman–Crippen LogP) is 4.09. The maximum atomic E-state index is 13.1. The Morgan fingerprint density at radius 3 is 2.19 bits per heavy atom. The van der Waals surface area contributed by atoms with Crippen LogP contribution >= 0.6 is 11.3 Å². The number of anilines is 1. The Morgan fingerprint density at radius 2 is 1.62 bits per heavy atom. The van der Waals surface area contributed by atoms with E-state index in [1.807, 2.05) is 26.0 Å². The number of hydrogen-bond acceptors (Lipinski definition) is 8. The molecule has 0 radical (unpaired) electrons. The van der Waals surface area contributed by atoms with Gasteiger partial charge in [0.15, 0.2) is 16.6 Å². The summed E-state index contributed by atoms with van der Waals surface area (Å²) in [4.78, 5) is 22.1. The lowest BCUT2D eigenvalue weighted by Gasteiger charge is -2.34. The molecule has 0 unspecified atom stereocenters. The molecule has 37 heavy (non-hydrogen) atoms. The molecule has 200 valence electrons. The molecule has 0 aliphatic carbocycles. The average molecular weight is 547 g/mol. The largest absolute Gasteiger partial charge is 0.493 e. The maximum Gasteiger partial charge on any atom is 0.253 e. The van der Waals surface area contributed by atoms with Crippen LogP contribution in [0.4, 0.5) is 5.13 Å². The number of piperazine rings is 1. The smallest absolute Gasteiger partial charge is 0.253 e. The summed E-state index contributed by atoms with van der Waals surface area (Å²) >= 11 is 1.59. The van der Waals surface area contributed by atoms with Gasteiger partial charge in [-0.25, -0.2) is 13.4 Å². The molecule has 1 aromatic heterocycles. The molecular weight excluding hydrogens is 512 g/mol. The molecule has 0 bridgehead atoms. The summed E-state index contributed by atoms with van der Waals surface area (Å²) in [6.07, 6.45) is 1.50. The summed E-state index contributed by atoms with van der Waals surface area (Å²) in [6, 6.07) is 10.2. The third-order valence-corrected chi connectivity index (χ3v) is 9.41. The van der Waals surface area contributed by atoms with Crippen molar-refractivity contribution < 1.29 is 22.7 Å². The van der Waals surface area contributed by atoms with Crippen molar-refractivity contribution in [3.63, 3.8) is 0 Å². The first kappa shape index (κ1) is 27.2. The van der Waals surface area contributed by atoms with E-state index >= 15 is 0 Å². The van der Waals surface area contributed by atoms with Crippen molar-refractivity contribution in [2.75, 3.05) is 58.4 Å². The van der Waals surface area contributed by atoms with Gasteiger partial charge in [0.1, 0.15) is 5.52 Å². The summed E-state index contributed by atoms with van der Waals surface area (Å²) < 4.78 is 39.5. The second kappa shape index (κ2) is 11.7. The molecule has 0 N–H and O–H groups in total. The quantitative estimate of drug-likeness (QED) is 0.378. The molecule has 4 rings (SSSR count). The molecule has 2 heterocycles. The van der Waals surface area contributed by atoms with Crippen LogP contribution < -0.4 is 14.4 Å². The van der Waals surface area contributed by atoms with Crippen molar-refractivity contribution in [2.24, 2.45) is 0 Å². The standard InChI is InChI=1S/C26H34N4O5S2/c1-5-13-30(14-6-2)37(32,33)20-9-7-19(8-10-20)25(31)28-15-17-29(18-16-28)26-27-23-22(36-26)12-11-21(34-3)24(23)35-4/h7-12H,5-6,13-18H2,1-4H3. The zero-order valence-corrected chi connectivity index (χ0v) is 23.4. The Kier molecular flexibility index (Phi) is 8.56. The second-order valence-corrected chi connectivity index (χ2v) is 11.8. The first-order chi connectivity index (χ1) is 17.8. The second-order valence-electron chi connectivity index (χ2n) is 8.85. The van der Waals surface area contributed by atoms with Crippen molar-refractivity contribution in [1.82, 2.24) is 14.2 Å². The van der Waals surface area contributed by atoms with Gasteiger partial charge in [-0.3, -0.25) is 4.79 Å². The number of carbonyl (C=O) groups is 1. The van der Waals surface area contributed by atoms with Gasteiger partial charge in [-0.1, -0.05) is 25.2 Å². The third kappa shape index (κ3) is 5.53. The van der Waals surface area contributed by atoms with E-state index in [-0.39, 0.29) is 10.8 Å². The molecule has 0 atom stereocenters. The van der Waals surface area contributed by atoms with Crippen LogP contribution in [0.2, 0.25) is 0 Å². The normalized spacial score (nSPS) is 14.4. The summed E-state index contributed by atoms with van der Waals surface area (Å²) in [5.74, 6) is 1.16. The van der Waals surface area contributed by atoms with Gasteiger partial charge in [0.2, 0.25) is 10.0 Å². The first-order valence-electron chi connectivity index (χ1n) is 12.5. The fourth-order valence-electron chi connectivity index (χ4n) is 4.49. The van der Waals surface area contributed by atoms with Gasteiger partial charge < -0.3 is 19.3 Å². The first-order valence-corrected chi connectivity index (χ1v) is 14.8. The predicted molar refractivity (Wildman–Crippen MR) is 147 cm³/mol. The van der Waals surface area contributed by atoms with Crippen molar-refractivity contribution in [2.45, 2.75) is 31.6 Å². The molecule has 3 aromatic rings. The van der Waals surface area contributed by atoms with E-state index in [1.54, 1.807) is 54.7 Å². The van der Waals surface area contributed by atoms with Crippen molar-refractivity contribution in [3.8, 4) is 11.5 Å². The van der Waals surface area contributed by atoms with E-state index in [9.17, 15) is 13.2 Å². The number of methoxy groups -OCH3 is 2.